The molecule has 0 aromatic heterocycles. The molecule has 1 N–H and O–H groups in total. The van der Waals surface area contributed by atoms with Crippen molar-refractivity contribution in [2.75, 3.05) is 26.0 Å². The largest absolute Gasteiger partial charge is 0.326 e. The van der Waals surface area contributed by atoms with Crippen LogP contribution in [0.2, 0.25) is 0 Å². The summed E-state index contributed by atoms with van der Waals surface area (Å²) in [6.07, 6.45) is 4.97. The van der Waals surface area contributed by atoms with Crippen molar-refractivity contribution in [3.8, 4) is 0 Å². The van der Waals surface area contributed by atoms with Gasteiger partial charge >= 0.3 is 0 Å². The minimum atomic E-state index is -3.53. The van der Waals surface area contributed by atoms with Crippen molar-refractivity contribution in [1.82, 2.24) is 9.21 Å². The highest BCUT2D eigenvalue weighted by molar-refractivity contribution is 7.89. The van der Waals surface area contributed by atoms with Gasteiger partial charge in [-0.3, -0.25) is 19.3 Å². The van der Waals surface area contributed by atoms with Crippen molar-refractivity contribution in [1.29, 1.82) is 0 Å². The average molecular weight is 405 g/mol. The number of rotatable bonds is 6. The lowest BCUT2D eigenvalue weighted by atomic mass is 9.85. The number of amides is 3. The molecule has 0 radical (unpaired) electrons. The van der Waals surface area contributed by atoms with E-state index < -0.39 is 10.0 Å². The number of anilines is 1. The molecule has 2 aliphatic rings. The Morgan fingerprint density at radius 2 is 1.61 bits per heavy atom. The molecule has 150 valence electrons. The van der Waals surface area contributed by atoms with Gasteiger partial charge in [0, 0.05) is 32.7 Å². The highest BCUT2D eigenvalue weighted by atomic mass is 32.2. The number of sulfonamides is 1. The highest BCUT2D eigenvalue weighted by Gasteiger charge is 2.46. The number of nitrogens with zero attached hydrogens (tertiary/aromatic N) is 2. The smallest absolute Gasteiger partial charge is 0.242 e. The van der Waals surface area contributed by atoms with Crippen molar-refractivity contribution < 1.29 is 22.8 Å². The van der Waals surface area contributed by atoms with Crippen molar-refractivity contribution in [3.05, 3.63) is 36.4 Å². The molecule has 0 spiro atoms. The molecule has 1 fully saturated rings. The summed E-state index contributed by atoms with van der Waals surface area (Å²) in [7, 11) is -0.647. The van der Waals surface area contributed by atoms with E-state index in [2.05, 4.69) is 5.32 Å². The Morgan fingerprint density at radius 3 is 2.11 bits per heavy atom. The number of nitrogens with one attached hydrogen (secondary N) is 1. The molecule has 3 rings (SSSR count). The van der Waals surface area contributed by atoms with Gasteiger partial charge in [-0.15, -0.1) is 0 Å². The number of carbonyl (C=O) groups excluding carboxylic acids is 3. The minimum absolute atomic E-state index is 0.0118. The van der Waals surface area contributed by atoms with E-state index in [-0.39, 0.29) is 47.4 Å². The lowest BCUT2D eigenvalue weighted by Crippen LogP contribution is -2.34. The van der Waals surface area contributed by atoms with Crippen LogP contribution in [0.1, 0.15) is 19.3 Å². The van der Waals surface area contributed by atoms with E-state index in [1.54, 1.807) is 0 Å². The van der Waals surface area contributed by atoms with Crippen molar-refractivity contribution >= 4 is 33.4 Å². The summed E-state index contributed by atoms with van der Waals surface area (Å²) in [5.41, 5.74) is 0.444. The summed E-state index contributed by atoms with van der Waals surface area (Å²) in [6.45, 7) is 0.0452. The summed E-state index contributed by atoms with van der Waals surface area (Å²) in [5.74, 6) is -1.36. The van der Waals surface area contributed by atoms with Gasteiger partial charge in [-0.25, -0.2) is 12.7 Å². The number of hydrogen-bond donors (Lipinski definition) is 1. The van der Waals surface area contributed by atoms with Crippen LogP contribution < -0.4 is 5.32 Å². The third-order valence-electron chi connectivity index (χ3n) is 5.08. The summed E-state index contributed by atoms with van der Waals surface area (Å²) in [4.78, 5) is 38.3. The van der Waals surface area contributed by atoms with Crippen LogP contribution in [0, 0.1) is 11.8 Å². The Kier molecular flexibility index (Phi) is 5.66. The second-order valence-corrected chi connectivity index (χ2v) is 9.25. The highest BCUT2D eigenvalue weighted by Crippen LogP contribution is 2.35. The molecule has 0 saturated carbocycles. The van der Waals surface area contributed by atoms with Crippen molar-refractivity contribution in [3.63, 3.8) is 0 Å². The SMILES string of the molecule is CN(C)S(=O)(=O)c1ccc(NC(=O)CCN2C(=O)[C@H]3CC=CC[C@@H]3C2=O)cc1. The van der Waals surface area contributed by atoms with Gasteiger partial charge in [-0.05, 0) is 37.1 Å². The minimum Gasteiger partial charge on any atom is -0.326 e. The Balaban J connectivity index is 1.56. The van der Waals surface area contributed by atoms with E-state index in [1.165, 1.54) is 43.3 Å². The Morgan fingerprint density at radius 1 is 1.07 bits per heavy atom. The zero-order chi connectivity index (χ0) is 20.5. The van der Waals surface area contributed by atoms with Crippen LogP contribution in [0.5, 0.6) is 0 Å². The molecule has 8 nitrogen and oxygen atoms in total. The molecule has 1 aliphatic carbocycles. The predicted octanol–water partition coefficient (Wildman–Crippen LogP) is 1.22. The number of hydrogen-bond acceptors (Lipinski definition) is 5. The first-order valence-electron chi connectivity index (χ1n) is 9.04. The van der Waals surface area contributed by atoms with E-state index in [9.17, 15) is 22.8 Å². The number of fused-ring (bicyclic) bond motifs is 1. The van der Waals surface area contributed by atoms with Crippen LogP contribution in [0.25, 0.3) is 0 Å². The fraction of sp³-hybridized carbons (Fsp3) is 0.421. The molecule has 2 atom stereocenters. The fourth-order valence-electron chi connectivity index (χ4n) is 3.45. The summed E-state index contributed by atoms with van der Waals surface area (Å²) in [5, 5.41) is 2.66. The summed E-state index contributed by atoms with van der Waals surface area (Å²) >= 11 is 0. The number of benzene rings is 1. The van der Waals surface area contributed by atoms with Gasteiger partial charge in [-0.2, -0.15) is 0 Å². The molecule has 0 unspecified atom stereocenters. The molecule has 9 heteroatoms. The van der Waals surface area contributed by atoms with Crippen LogP contribution in [0.15, 0.2) is 41.3 Å². The van der Waals surface area contributed by atoms with Gasteiger partial charge in [0.15, 0.2) is 0 Å². The molecule has 3 amide bonds. The van der Waals surface area contributed by atoms with E-state index >= 15 is 0 Å². The van der Waals surface area contributed by atoms with Gasteiger partial charge in [0.25, 0.3) is 0 Å². The van der Waals surface area contributed by atoms with Gasteiger partial charge < -0.3 is 5.32 Å². The van der Waals surface area contributed by atoms with E-state index in [1.807, 2.05) is 12.2 Å². The number of imide groups is 1. The molecule has 1 saturated heterocycles. The summed E-state index contributed by atoms with van der Waals surface area (Å²) < 4.78 is 25.2. The van der Waals surface area contributed by atoms with Gasteiger partial charge in [-0.1, -0.05) is 12.2 Å². The maximum atomic E-state index is 12.4. The van der Waals surface area contributed by atoms with Gasteiger partial charge in [0.2, 0.25) is 27.7 Å². The van der Waals surface area contributed by atoms with E-state index in [0.717, 1.165) is 4.31 Å². The molecule has 1 aromatic rings. The first-order valence-corrected chi connectivity index (χ1v) is 10.5. The third-order valence-corrected chi connectivity index (χ3v) is 6.91. The molecule has 1 aliphatic heterocycles. The number of carbonyl (C=O) groups is 3. The molecule has 0 bridgehead atoms. The van der Waals surface area contributed by atoms with Gasteiger partial charge in [0.05, 0.1) is 16.7 Å². The first kappa shape index (κ1) is 20.2. The topological polar surface area (TPSA) is 104 Å². The predicted molar refractivity (Wildman–Crippen MR) is 103 cm³/mol. The van der Waals surface area contributed by atoms with Crippen molar-refractivity contribution in [2.45, 2.75) is 24.2 Å². The van der Waals surface area contributed by atoms with Gasteiger partial charge in [0.1, 0.15) is 0 Å². The number of allylic oxidation sites excluding steroid dienone is 2. The second-order valence-electron chi connectivity index (χ2n) is 7.09. The van der Waals surface area contributed by atoms with Crippen LogP contribution in [0.4, 0.5) is 5.69 Å². The third kappa shape index (κ3) is 3.85. The Labute approximate surface area is 164 Å². The monoisotopic (exact) mass is 405 g/mol. The Bertz CT molecular complexity index is 895. The molecule has 1 heterocycles. The second kappa shape index (κ2) is 7.84. The maximum Gasteiger partial charge on any atom is 0.242 e. The lowest BCUT2D eigenvalue weighted by molar-refractivity contribution is -0.140. The first-order chi connectivity index (χ1) is 13.2. The molecular weight excluding hydrogens is 382 g/mol. The van der Waals surface area contributed by atoms with Crippen LogP contribution >= 0.6 is 0 Å². The van der Waals surface area contributed by atoms with E-state index in [4.69, 9.17) is 0 Å². The zero-order valence-corrected chi connectivity index (χ0v) is 16.6. The quantitative estimate of drug-likeness (QED) is 0.566. The van der Waals surface area contributed by atoms with Crippen LogP contribution in [-0.2, 0) is 24.4 Å². The zero-order valence-electron chi connectivity index (χ0n) is 15.8. The standard InChI is InChI=1S/C19H23N3O5S/c1-21(2)28(26,27)14-9-7-13(8-10-14)20-17(23)11-12-22-18(24)15-5-3-4-6-16(15)19(22)25/h3-4,7-10,15-16H,5-6,11-12H2,1-2H3,(H,20,23)/t15-,16-/m0/s1. The lowest BCUT2D eigenvalue weighted by Gasteiger charge is -2.15. The normalized spacial score (nSPS) is 21.9. The van der Waals surface area contributed by atoms with E-state index in [0.29, 0.717) is 18.5 Å². The summed E-state index contributed by atoms with van der Waals surface area (Å²) in [6, 6.07) is 5.83. The molecular formula is C19H23N3O5S. The fourth-order valence-corrected chi connectivity index (χ4v) is 4.35. The molecule has 28 heavy (non-hydrogen) atoms. The average Bonchev–Trinajstić information content (AvgIpc) is 2.91. The maximum absolute atomic E-state index is 12.4. The Hall–Kier alpha value is -2.52. The van der Waals surface area contributed by atoms with Crippen molar-refractivity contribution in [2.24, 2.45) is 11.8 Å². The van der Waals surface area contributed by atoms with Crippen LogP contribution in [0.3, 0.4) is 0 Å². The molecule has 1 aromatic carbocycles. The number of likely N-dealkylation sites (tertiary alicyclic amines) is 1. The van der Waals surface area contributed by atoms with Crippen LogP contribution in [-0.4, -0.2) is 56.0 Å².